The van der Waals surface area contributed by atoms with Gasteiger partial charge in [0.05, 0.1) is 11.8 Å². The number of nitrogens with zero attached hydrogens (tertiary/aromatic N) is 1. The van der Waals surface area contributed by atoms with Gasteiger partial charge in [0.15, 0.2) is 0 Å². The monoisotopic (exact) mass is 255 g/mol. The number of aromatic nitrogens is 1. The summed E-state index contributed by atoms with van der Waals surface area (Å²) in [4.78, 5) is 3.99. The third-order valence-electron chi connectivity index (χ3n) is 2.72. The summed E-state index contributed by atoms with van der Waals surface area (Å²) in [5.74, 6) is 0. The molecule has 0 aliphatic heterocycles. The van der Waals surface area contributed by atoms with Crippen molar-refractivity contribution in [2.45, 2.75) is 25.1 Å². The van der Waals surface area contributed by atoms with Crippen molar-refractivity contribution in [1.82, 2.24) is 4.98 Å². The predicted octanol–water partition coefficient (Wildman–Crippen LogP) is 3.61. The molecule has 1 unspecified atom stereocenters. The highest BCUT2D eigenvalue weighted by Gasteiger charge is 2.28. The van der Waals surface area contributed by atoms with Crippen LogP contribution in [0.25, 0.3) is 10.8 Å². The molecule has 0 saturated carbocycles. The molecule has 2 nitrogen and oxygen atoms in total. The van der Waals surface area contributed by atoms with Crippen molar-refractivity contribution in [2.24, 2.45) is 0 Å². The van der Waals surface area contributed by atoms with Crippen LogP contribution in [-0.2, 0) is 0 Å². The molecule has 18 heavy (non-hydrogen) atoms. The summed E-state index contributed by atoms with van der Waals surface area (Å²) in [6, 6.07) is 8.93. The van der Waals surface area contributed by atoms with Gasteiger partial charge in [-0.25, -0.2) is 0 Å². The van der Waals surface area contributed by atoms with E-state index in [1.54, 1.807) is 18.2 Å². The summed E-state index contributed by atoms with van der Waals surface area (Å²) in [6.07, 6.45) is -5.35. The van der Waals surface area contributed by atoms with E-state index in [2.05, 4.69) is 4.98 Å². The molecule has 0 spiro atoms. The Morgan fingerprint density at radius 2 is 1.89 bits per heavy atom. The molecule has 1 heterocycles. The van der Waals surface area contributed by atoms with E-state index >= 15 is 0 Å². The smallest absolute Gasteiger partial charge is 0.387 e. The van der Waals surface area contributed by atoms with Gasteiger partial charge in [-0.1, -0.05) is 24.3 Å². The fourth-order valence-corrected chi connectivity index (χ4v) is 1.85. The number of pyridine rings is 1. The number of aliphatic hydroxyl groups is 1. The number of hydrogen-bond donors (Lipinski definition) is 1. The topological polar surface area (TPSA) is 33.1 Å². The number of fused-ring (bicyclic) bond motifs is 1. The van der Waals surface area contributed by atoms with Gasteiger partial charge < -0.3 is 5.11 Å². The zero-order valence-electron chi connectivity index (χ0n) is 9.48. The number of rotatable bonds is 3. The van der Waals surface area contributed by atoms with E-state index in [4.69, 9.17) is 0 Å². The highest BCUT2D eigenvalue weighted by atomic mass is 19.4. The first-order valence-electron chi connectivity index (χ1n) is 5.56. The normalized spacial score (nSPS) is 13.8. The molecule has 1 aromatic carbocycles. The quantitative estimate of drug-likeness (QED) is 0.908. The van der Waals surface area contributed by atoms with E-state index in [0.29, 0.717) is 11.1 Å². The molecule has 1 N–H and O–H groups in total. The van der Waals surface area contributed by atoms with Crippen molar-refractivity contribution >= 4 is 10.8 Å². The van der Waals surface area contributed by atoms with Crippen LogP contribution in [0.1, 0.15) is 24.6 Å². The molecular formula is C13H12F3NO. The molecule has 1 atom stereocenters. The van der Waals surface area contributed by atoms with Crippen LogP contribution in [-0.4, -0.2) is 16.3 Å². The minimum Gasteiger partial charge on any atom is -0.387 e. The molecule has 0 amide bonds. The lowest BCUT2D eigenvalue weighted by Gasteiger charge is -2.13. The van der Waals surface area contributed by atoms with E-state index < -0.39 is 18.7 Å². The fourth-order valence-electron chi connectivity index (χ4n) is 1.85. The zero-order chi connectivity index (χ0) is 13.2. The Hall–Kier alpha value is -1.62. The highest BCUT2D eigenvalue weighted by Crippen LogP contribution is 2.29. The number of alkyl halides is 3. The van der Waals surface area contributed by atoms with E-state index in [0.717, 1.165) is 5.39 Å². The number of halogens is 3. The Kier molecular flexibility index (Phi) is 3.52. The molecule has 0 aliphatic rings. The number of hydrogen-bond acceptors (Lipinski definition) is 2. The summed E-state index contributed by atoms with van der Waals surface area (Å²) in [5, 5.41) is 11.4. The molecule has 96 valence electrons. The van der Waals surface area contributed by atoms with Crippen molar-refractivity contribution in [3.05, 3.63) is 42.2 Å². The second kappa shape index (κ2) is 4.94. The summed E-state index contributed by atoms with van der Waals surface area (Å²) in [6.45, 7) is 0. The lowest BCUT2D eigenvalue weighted by Crippen LogP contribution is -2.11. The Labute approximate surface area is 102 Å². The van der Waals surface area contributed by atoms with Gasteiger partial charge in [-0.15, -0.1) is 0 Å². The highest BCUT2D eigenvalue weighted by molar-refractivity contribution is 5.84. The van der Waals surface area contributed by atoms with Gasteiger partial charge >= 0.3 is 6.18 Å². The first-order chi connectivity index (χ1) is 8.47. The Morgan fingerprint density at radius 3 is 2.61 bits per heavy atom. The van der Waals surface area contributed by atoms with Gasteiger partial charge in [0, 0.05) is 18.0 Å². The number of benzene rings is 1. The van der Waals surface area contributed by atoms with Crippen LogP contribution < -0.4 is 0 Å². The largest absolute Gasteiger partial charge is 0.389 e. The molecule has 0 radical (unpaired) electrons. The van der Waals surface area contributed by atoms with Crippen molar-refractivity contribution in [3.8, 4) is 0 Å². The predicted molar refractivity (Wildman–Crippen MR) is 62.0 cm³/mol. The van der Waals surface area contributed by atoms with E-state index in [9.17, 15) is 18.3 Å². The van der Waals surface area contributed by atoms with Crippen LogP contribution in [0.4, 0.5) is 13.2 Å². The van der Waals surface area contributed by atoms with Crippen LogP contribution in [0, 0.1) is 0 Å². The minimum absolute atomic E-state index is 0.303. The second-order valence-electron chi connectivity index (χ2n) is 4.09. The van der Waals surface area contributed by atoms with Gasteiger partial charge in [0.25, 0.3) is 0 Å². The lowest BCUT2D eigenvalue weighted by molar-refractivity contribution is -0.140. The Balaban J connectivity index is 2.25. The average molecular weight is 255 g/mol. The fraction of sp³-hybridized carbons (Fsp3) is 0.308. The molecule has 2 rings (SSSR count). The maximum absolute atomic E-state index is 12.1. The number of aliphatic hydroxyl groups excluding tert-OH is 1. The summed E-state index contributed by atoms with van der Waals surface area (Å²) < 4.78 is 36.3. The lowest BCUT2D eigenvalue weighted by atomic mass is 10.0. The van der Waals surface area contributed by atoms with Crippen molar-refractivity contribution < 1.29 is 18.3 Å². The summed E-state index contributed by atoms with van der Waals surface area (Å²) in [7, 11) is 0. The third-order valence-corrected chi connectivity index (χ3v) is 2.72. The van der Waals surface area contributed by atoms with E-state index in [1.165, 1.54) is 6.20 Å². The maximum atomic E-state index is 12.1. The van der Waals surface area contributed by atoms with E-state index in [1.807, 2.05) is 12.1 Å². The molecular weight excluding hydrogens is 243 g/mol. The molecule has 0 aliphatic carbocycles. The third kappa shape index (κ3) is 2.98. The summed E-state index contributed by atoms with van der Waals surface area (Å²) in [5.41, 5.74) is 0.303. The van der Waals surface area contributed by atoms with Crippen molar-refractivity contribution in [1.29, 1.82) is 0 Å². The van der Waals surface area contributed by atoms with Gasteiger partial charge in [-0.2, -0.15) is 13.2 Å². The molecule has 2 aromatic rings. The Bertz CT molecular complexity index is 534. The van der Waals surface area contributed by atoms with Crippen LogP contribution in [0.3, 0.4) is 0 Å². The maximum Gasteiger partial charge on any atom is 0.389 e. The van der Waals surface area contributed by atoms with Crippen molar-refractivity contribution in [2.75, 3.05) is 0 Å². The molecule has 5 heteroatoms. The van der Waals surface area contributed by atoms with Crippen LogP contribution in [0.2, 0.25) is 0 Å². The second-order valence-corrected chi connectivity index (χ2v) is 4.09. The van der Waals surface area contributed by atoms with Crippen molar-refractivity contribution in [3.63, 3.8) is 0 Å². The Morgan fingerprint density at radius 1 is 1.17 bits per heavy atom. The van der Waals surface area contributed by atoms with Crippen LogP contribution in [0.5, 0.6) is 0 Å². The summed E-state index contributed by atoms with van der Waals surface area (Å²) >= 11 is 0. The van der Waals surface area contributed by atoms with Gasteiger partial charge in [-0.3, -0.25) is 4.98 Å². The molecule has 0 bridgehead atoms. The zero-order valence-corrected chi connectivity index (χ0v) is 9.48. The minimum atomic E-state index is -4.26. The SMILES string of the molecule is OC(CCC(F)(F)F)c1nccc2ccccc12. The van der Waals surface area contributed by atoms with Gasteiger partial charge in [0.1, 0.15) is 0 Å². The van der Waals surface area contributed by atoms with Gasteiger partial charge in [-0.05, 0) is 17.9 Å². The van der Waals surface area contributed by atoms with E-state index in [-0.39, 0.29) is 6.42 Å². The van der Waals surface area contributed by atoms with Crippen LogP contribution in [0.15, 0.2) is 36.5 Å². The first kappa shape index (κ1) is 12.8. The average Bonchev–Trinajstić information content (AvgIpc) is 2.34. The molecule has 0 saturated heterocycles. The van der Waals surface area contributed by atoms with Crippen LogP contribution >= 0.6 is 0 Å². The first-order valence-corrected chi connectivity index (χ1v) is 5.56. The molecule has 1 aromatic heterocycles. The van der Waals surface area contributed by atoms with Gasteiger partial charge in [0.2, 0.25) is 0 Å². The molecule has 0 fully saturated rings. The standard InChI is InChI=1S/C13H12F3NO/c14-13(15,16)7-5-11(18)12-10-4-2-1-3-9(10)6-8-17-12/h1-4,6,8,11,18H,5,7H2.